The molecule has 1 aromatic heterocycles. The molecule has 2 aromatic carbocycles. The lowest BCUT2D eigenvalue weighted by Gasteiger charge is -2.00. The van der Waals surface area contributed by atoms with Crippen LogP contribution in [0.5, 0.6) is 0 Å². The normalized spacial score (nSPS) is 10.4. The second-order valence-electron chi connectivity index (χ2n) is 5.96. The first-order chi connectivity index (χ1) is 13.0. The van der Waals surface area contributed by atoms with Gasteiger partial charge in [-0.1, -0.05) is 30.3 Å². The lowest BCUT2D eigenvalue weighted by molar-refractivity contribution is -0.688. The van der Waals surface area contributed by atoms with Crippen LogP contribution >= 0.6 is 0 Å². The monoisotopic (exact) mass is 396 g/mol. The van der Waals surface area contributed by atoms with E-state index >= 15 is 0 Å². The number of aromatic nitrogens is 1. The van der Waals surface area contributed by atoms with Crippen LogP contribution in [0.1, 0.15) is 27.0 Å². The molecule has 0 unspecified atom stereocenters. The zero-order chi connectivity index (χ0) is 19.2. The fourth-order valence-electron chi connectivity index (χ4n) is 2.63. The van der Waals surface area contributed by atoms with Gasteiger partial charge in [-0.3, -0.25) is 10.1 Å². The molecule has 0 aliphatic rings. The zero-order valence-electron chi connectivity index (χ0n) is 14.7. The molecule has 0 atom stereocenters. The molecule has 0 amide bonds. The third kappa shape index (κ3) is 5.25. The third-order valence-corrected chi connectivity index (χ3v) is 4.07. The predicted octanol–water partition coefficient (Wildman–Crippen LogP) is 0.803. The van der Waals surface area contributed by atoms with Gasteiger partial charge in [0.05, 0.1) is 16.1 Å². The molecule has 0 bridgehead atoms. The Labute approximate surface area is 168 Å². The standard InChI is InChI=1S/C21H16N2O4.ClH/c24-21(25)19-9-6-17(7-10-19)15-22-13-11-16(12-14-22)5-8-18-3-1-2-4-20(18)23(26)27;/h1-14H,15H2;1H/b8-5-;. The maximum atomic E-state index is 11.0. The van der Waals surface area contributed by atoms with Crippen LogP contribution in [0.25, 0.3) is 12.2 Å². The van der Waals surface area contributed by atoms with Crippen molar-refractivity contribution in [2.45, 2.75) is 6.54 Å². The van der Waals surface area contributed by atoms with Crippen molar-refractivity contribution in [2.75, 3.05) is 0 Å². The van der Waals surface area contributed by atoms with Gasteiger partial charge < -0.3 is 17.5 Å². The lowest BCUT2D eigenvalue weighted by atomic mass is 10.1. The maximum absolute atomic E-state index is 11.0. The summed E-state index contributed by atoms with van der Waals surface area (Å²) in [7, 11) is 0. The van der Waals surface area contributed by atoms with Gasteiger partial charge in [0.1, 0.15) is 0 Å². The van der Waals surface area contributed by atoms with Crippen molar-refractivity contribution in [3.8, 4) is 0 Å². The van der Waals surface area contributed by atoms with Gasteiger partial charge in [0.15, 0.2) is 18.9 Å². The number of hydrogen-bond donors (Lipinski definition) is 1. The Morgan fingerprint density at radius 2 is 1.64 bits per heavy atom. The number of nitro groups is 1. The van der Waals surface area contributed by atoms with Gasteiger partial charge in [-0.15, -0.1) is 0 Å². The van der Waals surface area contributed by atoms with Crippen LogP contribution in [-0.2, 0) is 6.54 Å². The number of carbonyl (C=O) groups is 1. The van der Waals surface area contributed by atoms with Gasteiger partial charge in [-0.05, 0) is 29.8 Å². The number of para-hydroxylation sites is 1. The Morgan fingerprint density at radius 3 is 2.25 bits per heavy atom. The number of carboxylic acids is 1. The molecule has 7 heteroatoms. The van der Waals surface area contributed by atoms with Crippen LogP contribution in [0.4, 0.5) is 5.69 Å². The zero-order valence-corrected chi connectivity index (χ0v) is 15.5. The molecule has 3 aromatic rings. The molecular formula is C21H17ClN2O4. The number of benzene rings is 2. The molecule has 1 N–H and O–H groups in total. The maximum Gasteiger partial charge on any atom is 0.335 e. The summed E-state index contributed by atoms with van der Waals surface area (Å²) < 4.78 is 1.97. The van der Waals surface area contributed by atoms with Crippen LogP contribution in [-0.4, -0.2) is 16.0 Å². The fourth-order valence-corrected chi connectivity index (χ4v) is 2.63. The average molecular weight is 397 g/mol. The molecule has 1 heterocycles. The Balaban J connectivity index is 0.00000280. The van der Waals surface area contributed by atoms with Gasteiger partial charge in [0.2, 0.25) is 0 Å². The number of pyridine rings is 1. The van der Waals surface area contributed by atoms with E-state index in [1.54, 1.807) is 48.5 Å². The highest BCUT2D eigenvalue weighted by atomic mass is 35.5. The van der Waals surface area contributed by atoms with Gasteiger partial charge in [0, 0.05) is 23.8 Å². The Bertz CT molecular complexity index is 1000. The summed E-state index contributed by atoms with van der Waals surface area (Å²) in [6.45, 7) is 0.619. The van der Waals surface area contributed by atoms with Crippen LogP contribution < -0.4 is 17.0 Å². The highest BCUT2D eigenvalue weighted by Crippen LogP contribution is 2.20. The molecule has 6 nitrogen and oxygen atoms in total. The van der Waals surface area contributed by atoms with Gasteiger partial charge >= 0.3 is 5.97 Å². The summed E-state index contributed by atoms with van der Waals surface area (Å²) in [5.41, 5.74) is 2.81. The summed E-state index contributed by atoms with van der Waals surface area (Å²) in [4.78, 5) is 21.5. The van der Waals surface area contributed by atoms with Crippen molar-refractivity contribution in [1.82, 2.24) is 0 Å². The summed E-state index contributed by atoms with van der Waals surface area (Å²) in [6, 6.07) is 17.2. The molecule has 3 rings (SSSR count). The van der Waals surface area contributed by atoms with E-state index in [4.69, 9.17) is 5.11 Å². The number of carboxylic acid groups (broad SMARTS) is 1. The fraction of sp³-hybridized carbons (Fsp3) is 0.0476. The predicted molar refractivity (Wildman–Crippen MR) is 101 cm³/mol. The van der Waals surface area contributed by atoms with E-state index in [1.165, 1.54) is 6.07 Å². The highest BCUT2D eigenvalue weighted by molar-refractivity contribution is 5.87. The molecule has 0 fully saturated rings. The first kappa shape index (κ1) is 20.8. The number of halogens is 1. The minimum Gasteiger partial charge on any atom is -1.00 e. The minimum absolute atomic E-state index is 0. The smallest absolute Gasteiger partial charge is 0.335 e. The molecule has 0 spiro atoms. The Kier molecular flexibility index (Phi) is 7.01. The first-order valence-corrected chi connectivity index (χ1v) is 8.26. The van der Waals surface area contributed by atoms with Crippen molar-refractivity contribution in [3.63, 3.8) is 0 Å². The SMILES string of the molecule is O=C(O)c1ccc(C[n+]2ccc(/C=C\c3ccccc3[N+](=O)[O-])cc2)cc1.[Cl-]. The summed E-state index contributed by atoms with van der Waals surface area (Å²) >= 11 is 0. The Morgan fingerprint density at radius 1 is 1.00 bits per heavy atom. The number of nitrogens with zero attached hydrogens (tertiary/aromatic N) is 2. The molecule has 0 aliphatic carbocycles. The Hall–Kier alpha value is -3.51. The van der Waals surface area contributed by atoms with Crippen LogP contribution in [0, 0.1) is 10.1 Å². The first-order valence-electron chi connectivity index (χ1n) is 8.26. The largest absolute Gasteiger partial charge is 1.00 e. The van der Waals surface area contributed by atoms with Crippen molar-refractivity contribution < 1.29 is 31.8 Å². The van der Waals surface area contributed by atoms with E-state index in [-0.39, 0.29) is 23.7 Å². The number of hydrogen-bond acceptors (Lipinski definition) is 3. The van der Waals surface area contributed by atoms with E-state index in [1.807, 2.05) is 35.2 Å². The molecule has 0 saturated carbocycles. The molecular weight excluding hydrogens is 380 g/mol. The quantitative estimate of drug-likeness (QED) is 0.379. The molecule has 142 valence electrons. The second kappa shape index (κ2) is 9.43. The molecule has 0 radical (unpaired) electrons. The number of rotatable bonds is 6. The molecule has 0 saturated heterocycles. The average Bonchev–Trinajstić information content (AvgIpc) is 2.68. The van der Waals surface area contributed by atoms with Crippen molar-refractivity contribution in [2.24, 2.45) is 0 Å². The summed E-state index contributed by atoms with van der Waals surface area (Å²) in [5.74, 6) is -0.941. The van der Waals surface area contributed by atoms with E-state index in [0.29, 0.717) is 12.1 Å². The van der Waals surface area contributed by atoms with Crippen molar-refractivity contribution in [1.29, 1.82) is 0 Å². The van der Waals surface area contributed by atoms with Gasteiger partial charge in [-0.25, -0.2) is 9.36 Å². The highest BCUT2D eigenvalue weighted by Gasteiger charge is 2.09. The van der Waals surface area contributed by atoms with Gasteiger partial charge in [0.25, 0.3) is 5.69 Å². The minimum atomic E-state index is -0.941. The van der Waals surface area contributed by atoms with E-state index < -0.39 is 10.9 Å². The van der Waals surface area contributed by atoms with Crippen LogP contribution in [0.2, 0.25) is 0 Å². The van der Waals surface area contributed by atoms with E-state index in [0.717, 1.165) is 11.1 Å². The summed E-state index contributed by atoms with van der Waals surface area (Å²) in [5, 5.41) is 20.0. The van der Waals surface area contributed by atoms with Crippen molar-refractivity contribution >= 4 is 23.8 Å². The topological polar surface area (TPSA) is 84.3 Å². The molecule has 28 heavy (non-hydrogen) atoms. The van der Waals surface area contributed by atoms with Gasteiger partial charge in [-0.2, -0.15) is 0 Å². The van der Waals surface area contributed by atoms with Crippen LogP contribution in [0.3, 0.4) is 0 Å². The molecule has 0 aliphatic heterocycles. The van der Waals surface area contributed by atoms with Crippen LogP contribution in [0.15, 0.2) is 73.1 Å². The number of nitro benzene ring substituents is 1. The lowest BCUT2D eigenvalue weighted by Crippen LogP contribution is -3.00. The second-order valence-corrected chi connectivity index (χ2v) is 5.96. The van der Waals surface area contributed by atoms with Crippen molar-refractivity contribution in [3.05, 3.63) is 105 Å². The van der Waals surface area contributed by atoms with E-state index in [9.17, 15) is 14.9 Å². The third-order valence-electron chi connectivity index (χ3n) is 4.07. The number of aromatic carboxylic acids is 1. The summed E-state index contributed by atoms with van der Waals surface area (Å²) in [6.07, 6.45) is 7.37. The van der Waals surface area contributed by atoms with E-state index in [2.05, 4.69) is 0 Å².